The van der Waals surface area contributed by atoms with E-state index in [1.54, 1.807) is 17.6 Å². The lowest BCUT2D eigenvalue weighted by atomic mass is 10.2. The predicted octanol–water partition coefficient (Wildman–Crippen LogP) is 3.83. The quantitative estimate of drug-likeness (QED) is 0.183. The normalized spacial score (nSPS) is 11.2. The molecule has 0 radical (unpaired) electrons. The molecule has 0 aliphatic rings. The Balaban J connectivity index is 0.00000338. The molecule has 5 nitrogen and oxygen atoms in total. The van der Waals surface area contributed by atoms with E-state index in [2.05, 4.69) is 33.1 Å². The molecular formula is C19H30IN3O2S. The van der Waals surface area contributed by atoms with Crippen molar-refractivity contribution >= 4 is 41.3 Å². The molecule has 2 aromatic rings. The zero-order valence-corrected chi connectivity index (χ0v) is 18.3. The molecule has 0 saturated heterocycles. The number of aliphatic hydroxyl groups excluding tert-OH is 1. The Bertz CT molecular complexity index is 531. The summed E-state index contributed by atoms with van der Waals surface area (Å²) in [6.07, 6.45) is 7.67. The number of nitrogens with one attached hydrogen (secondary N) is 2. The minimum Gasteiger partial charge on any atom is -0.469 e. The molecule has 0 unspecified atom stereocenters. The predicted molar refractivity (Wildman–Crippen MR) is 120 cm³/mol. The van der Waals surface area contributed by atoms with E-state index < -0.39 is 0 Å². The summed E-state index contributed by atoms with van der Waals surface area (Å²) >= 11 is 1.79. The molecule has 0 spiro atoms. The van der Waals surface area contributed by atoms with Crippen LogP contribution in [0.1, 0.15) is 36.3 Å². The molecule has 0 aromatic carbocycles. The molecule has 2 heterocycles. The maximum atomic E-state index is 8.81. The number of furan rings is 1. The summed E-state index contributed by atoms with van der Waals surface area (Å²) in [6.45, 7) is 2.76. The topological polar surface area (TPSA) is 69.8 Å². The zero-order chi connectivity index (χ0) is 17.6. The molecular weight excluding hydrogens is 461 g/mol. The van der Waals surface area contributed by atoms with Crippen molar-refractivity contribution in [2.24, 2.45) is 4.99 Å². The molecule has 0 saturated carbocycles. The molecule has 0 fully saturated rings. The van der Waals surface area contributed by atoms with Gasteiger partial charge in [-0.05, 0) is 42.8 Å². The Labute approximate surface area is 177 Å². The SMILES string of the molecule is I.OCCCCCCN=C(NCCc1ccco1)NCCc1cccs1. The van der Waals surface area contributed by atoms with Crippen LogP contribution in [0.3, 0.4) is 0 Å². The minimum atomic E-state index is 0. The maximum Gasteiger partial charge on any atom is 0.191 e. The molecule has 146 valence electrons. The Hall–Kier alpha value is -1.06. The zero-order valence-electron chi connectivity index (χ0n) is 15.2. The second-order valence-corrected chi connectivity index (χ2v) is 6.91. The van der Waals surface area contributed by atoms with Gasteiger partial charge in [0.05, 0.1) is 6.26 Å². The smallest absolute Gasteiger partial charge is 0.191 e. The van der Waals surface area contributed by atoms with Gasteiger partial charge in [0.15, 0.2) is 5.96 Å². The highest BCUT2D eigenvalue weighted by Crippen LogP contribution is 2.08. The van der Waals surface area contributed by atoms with Crippen LogP contribution in [0.2, 0.25) is 0 Å². The number of aliphatic hydroxyl groups is 1. The van der Waals surface area contributed by atoms with Crippen molar-refractivity contribution in [3.05, 3.63) is 46.5 Å². The number of thiophene rings is 1. The van der Waals surface area contributed by atoms with Crippen LogP contribution in [0.25, 0.3) is 0 Å². The van der Waals surface area contributed by atoms with Gasteiger partial charge in [-0.15, -0.1) is 35.3 Å². The molecule has 2 aromatic heterocycles. The highest BCUT2D eigenvalue weighted by Gasteiger charge is 2.01. The fraction of sp³-hybridized carbons (Fsp3) is 0.526. The van der Waals surface area contributed by atoms with Gasteiger partial charge in [-0.25, -0.2) is 0 Å². The maximum absolute atomic E-state index is 8.81. The molecule has 0 aliphatic heterocycles. The Morgan fingerprint density at radius 3 is 2.54 bits per heavy atom. The van der Waals surface area contributed by atoms with Crippen LogP contribution < -0.4 is 10.6 Å². The lowest BCUT2D eigenvalue weighted by Gasteiger charge is -2.12. The molecule has 0 amide bonds. The van der Waals surface area contributed by atoms with Gasteiger partial charge in [0.25, 0.3) is 0 Å². The van der Waals surface area contributed by atoms with Crippen molar-refractivity contribution in [2.75, 3.05) is 26.2 Å². The van der Waals surface area contributed by atoms with E-state index in [0.29, 0.717) is 0 Å². The third-order valence-corrected chi connectivity index (χ3v) is 4.76. The van der Waals surface area contributed by atoms with Crippen molar-refractivity contribution < 1.29 is 9.52 Å². The van der Waals surface area contributed by atoms with Gasteiger partial charge in [-0.1, -0.05) is 18.9 Å². The van der Waals surface area contributed by atoms with Crippen LogP contribution in [-0.4, -0.2) is 37.3 Å². The van der Waals surface area contributed by atoms with Gasteiger partial charge < -0.3 is 20.2 Å². The van der Waals surface area contributed by atoms with E-state index in [1.807, 2.05) is 12.1 Å². The first kappa shape index (κ1) is 23.0. The lowest BCUT2D eigenvalue weighted by molar-refractivity contribution is 0.282. The first-order valence-electron chi connectivity index (χ1n) is 9.06. The fourth-order valence-electron chi connectivity index (χ4n) is 2.46. The van der Waals surface area contributed by atoms with Crippen molar-refractivity contribution in [1.29, 1.82) is 0 Å². The average molecular weight is 491 g/mol. The number of unbranched alkanes of at least 4 members (excludes halogenated alkanes) is 3. The molecule has 26 heavy (non-hydrogen) atoms. The van der Waals surface area contributed by atoms with Gasteiger partial charge in [0, 0.05) is 37.5 Å². The first-order chi connectivity index (χ1) is 12.4. The van der Waals surface area contributed by atoms with Crippen LogP contribution in [0, 0.1) is 0 Å². The number of aliphatic imine (C=N–C) groups is 1. The highest BCUT2D eigenvalue weighted by molar-refractivity contribution is 14.0. The first-order valence-corrected chi connectivity index (χ1v) is 9.94. The van der Waals surface area contributed by atoms with E-state index in [-0.39, 0.29) is 30.6 Å². The molecule has 2 rings (SSSR count). The molecule has 3 N–H and O–H groups in total. The summed E-state index contributed by atoms with van der Waals surface area (Å²) in [4.78, 5) is 6.04. The molecule has 0 aliphatic carbocycles. The Kier molecular flexibility index (Phi) is 13.3. The summed E-state index contributed by atoms with van der Waals surface area (Å²) < 4.78 is 5.36. The van der Waals surface area contributed by atoms with E-state index in [1.165, 1.54) is 4.88 Å². The third kappa shape index (κ3) is 10.2. The number of guanidine groups is 1. The van der Waals surface area contributed by atoms with Crippen molar-refractivity contribution in [1.82, 2.24) is 10.6 Å². The standard InChI is InChI=1S/C19H29N3O2S.HI/c23-14-4-2-1-3-11-20-19(21-12-9-17-7-5-15-24-17)22-13-10-18-8-6-16-25-18;/h5-8,15-16,23H,1-4,9-14H2,(H2,20,21,22);1H. The van der Waals surface area contributed by atoms with Gasteiger partial charge in [0.2, 0.25) is 0 Å². The van der Waals surface area contributed by atoms with Gasteiger partial charge in [-0.3, -0.25) is 4.99 Å². The second kappa shape index (κ2) is 15.0. The molecule has 0 bridgehead atoms. The van der Waals surface area contributed by atoms with E-state index in [9.17, 15) is 0 Å². The second-order valence-electron chi connectivity index (χ2n) is 5.88. The average Bonchev–Trinajstić information content (AvgIpc) is 3.31. The van der Waals surface area contributed by atoms with E-state index in [0.717, 1.165) is 69.9 Å². The summed E-state index contributed by atoms with van der Waals surface area (Å²) in [6, 6.07) is 8.15. The summed E-state index contributed by atoms with van der Waals surface area (Å²) in [5.74, 6) is 1.85. The number of hydrogen-bond acceptors (Lipinski definition) is 4. The van der Waals surface area contributed by atoms with Crippen molar-refractivity contribution in [2.45, 2.75) is 38.5 Å². The Morgan fingerprint density at radius 2 is 1.85 bits per heavy atom. The van der Waals surface area contributed by atoms with Crippen LogP contribution in [0.5, 0.6) is 0 Å². The number of hydrogen-bond donors (Lipinski definition) is 3. The Morgan fingerprint density at radius 1 is 1.04 bits per heavy atom. The summed E-state index contributed by atoms with van der Waals surface area (Å²) in [5, 5.41) is 17.7. The van der Waals surface area contributed by atoms with Crippen molar-refractivity contribution in [3.8, 4) is 0 Å². The van der Waals surface area contributed by atoms with Crippen LogP contribution >= 0.6 is 35.3 Å². The van der Waals surface area contributed by atoms with Crippen LogP contribution in [-0.2, 0) is 12.8 Å². The number of rotatable bonds is 12. The number of nitrogens with zero attached hydrogens (tertiary/aromatic N) is 1. The lowest BCUT2D eigenvalue weighted by Crippen LogP contribution is -2.39. The fourth-order valence-corrected chi connectivity index (χ4v) is 3.17. The number of halogens is 1. The van der Waals surface area contributed by atoms with Gasteiger partial charge >= 0.3 is 0 Å². The van der Waals surface area contributed by atoms with Gasteiger partial charge in [-0.2, -0.15) is 0 Å². The largest absolute Gasteiger partial charge is 0.469 e. The highest BCUT2D eigenvalue weighted by atomic mass is 127. The summed E-state index contributed by atoms with van der Waals surface area (Å²) in [5.41, 5.74) is 0. The summed E-state index contributed by atoms with van der Waals surface area (Å²) in [7, 11) is 0. The van der Waals surface area contributed by atoms with Crippen molar-refractivity contribution in [3.63, 3.8) is 0 Å². The minimum absolute atomic E-state index is 0. The van der Waals surface area contributed by atoms with E-state index in [4.69, 9.17) is 9.52 Å². The van der Waals surface area contributed by atoms with E-state index >= 15 is 0 Å². The van der Waals surface area contributed by atoms with Gasteiger partial charge in [0.1, 0.15) is 5.76 Å². The third-order valence-electron chi connectivity index (χ3n) is 3.82. The molecule has 7 heteroatoms. The van der Waals surface area contributed by atoms with Crippen LogP contribution in [0.15, 0.2) is 45.3 Å². The van der Waals surface area contributed by atoms with Crippen LogP contribution in [0.4, 0.5) is 0 Å². The monoisotopic (exact) mass is 491 g/mol. The molecule has 0 atom stereocenters.